The van der Waals surface area contributed by atoms with Crippen LogP contribution in [0, 0.1) is 0 Å². The van der Waals surface area contributed by atoms with Gasteiger partial charge in [0, 0.05) is 0 Å². The minimum absolute atomic E-state index is 1.08. The quantitative estimate of drug-likeness (QED) is 0.150. The highest BCUT2D eigenvalue weighted by molar-refractivity contribution is 4.56. The highest BCUT2D eigenvalue weighted by Crippen LogP contribution is 1.86. The van der Waals surface area contributed by atoms with Crippen LogP contribution in [0.15, 0.2) is 0 Å². The Balaban J connectivity index is 2.95. The molecule has 0 saturated carbocycles. The van der Waals surface area contributed by atoms with E-state index in [9.17, 15) is 0 Å². The predicted molar refractivity (Wildman–Crippen MR) is 116 cm³/mol. The van der Waals surface area contributed by atoms with Crippen LogP contribution in [0.25, 0.3) is 0 Å². The Labute approximate surface area is 163 Å². The molecule has 0 aromatic heterocycles. The fourth-order valence-corrected chi connectivity index (χ4v) is 2.71. The van der Waals surface area contributed by atoms with Gasteiger partial charge in [-0.25, -0.2) is 0 Å². The smallest absolute Gasteiger partial charge is 0.00368 e. The molecule has 0 atom stereocenters. The van der Waals surface area contributed by atoms with E-state index in [0.29, 0.717) is 0 Å². The number of rotatable bonds is 23. The first-order valence-corrected chi connectivity index (χ1v) is 11.2. The molecule has 6 nitrogen and oxygen atoms in total. The summed E-state index contributed by atoms with van der Waals surface area (Å²) >= 11 is 0. The van der Waals surface area contributed by atoms with Crippen molar-refractivity contribution in [1.29, 1.82) is 0 Å². The van der Waals surface area contributed by atoms with Crippen LogP contribution in [-0.2, 0) is 0 Å². The van der Waals surface area contributed by atoms with E-state index in [1.54, 1.807) is 0 Å². The molecule has 0 aliphatic rings. The maximum absolute atomic E-state index is 3.54. The lowest BCUT2D eigenvalue weighted by molar-refractivity contribution is 0.539. The molecule has 0 fully saturated rings. The van der Waals surface area contributed by atoms with E-state index < -0.39 is 0 Å². The van der Waals surface area contributed by atoms with Crippen LogP contribution >= 0.6 is 0 Å². The minimum atomic E-state index is 1.08. The molecule has 0 aromatic carbocycles. The first-order chi connectivity index (χ1) is 12.9. The molecule has 0 aliphatic heterocycles. The third kappa shape index (κ3) is 23.8. The first-order valence-electron chi connectivity index (χ1n) is 11.2. The van der Waals surface area contributed by atoms with Crippen LogP contribution in [-0.4, -0.2) is 78.5 Å². The molecule has 26 heavy (non-hydrogen) atoms. The van der Waals surface area contributed by atoms with Crippen molar-refractivity contribution < 1.29 is 0 Å². The average Bonchev–Trinajstić information content (AvgIpc) is 2.66. The Kier molecular flexibility index (Phi) is 24.5. The molecule has 0 radical (unpaired) electrons. The SMILES string of the molecule is CCNCCCNCCCNCCCCNCCCNCCCNCC. The van der Waals surface area contributed by atoms with E-state index in [2.05, 4.69) is 45.7 Å². The second kappa shape index (κ2) is 24.8. The second-order valence-electron chi connectivity index (χ2n) is 6.83. The van der Waals surface area contributed by atoms with E-state index in [-0.39, 0.29) is 0 Å². The fraction of sp³-hybridized carbons (Fsp3) is 1.00. The Morgan fingerprint density at radius 2 is 0.538 bits per heavy atom. The Hall–Kier alpha value is -0.240. The van der Waals surface area contributed by atoms with Crippen LogP contribution in [0.3, 0.4) is 0 Å². The molecule has 0 bridgehead atoms. The molecule has 0 aromatic rings. The maximum atomic E-state index is 3.54. The van der Waals surface area contributed by atoms with Gasteiger partial charge in [-0.2, -0.15) is 0 Å². The summed E-state index contributed by atoms with van der Waals surface area (Å²) in [6.45, 7) is 17.8. The summed E-state index contributed by atoms with van der Waals surface area (Å²) in [5.74, 6) is 0. The summed E-state index contributed by atoms with van der Waals surface area (Å²) in [5, 5.41) is 20.8. The summed E-state index contributed by atoms with van der Waals surface area (Å²) < 4.78 is 0. The van der Waals surface area contributed by atoms with E-state index in [1.165, 1.54) is 38.5 Å². The van der Waals surface area contributed by atoms with Crippen molar-refractivity contribution in [1.82, 2.24) is 31.9 Å². The van der Waals surface area contributed by atoms with Crippen LogP contribution in [0.5, 0.6) is 0 Å². The van der Waals surface area contributed by atoms with Crippen molar-refractivity contribution >= 4 is 0 Å². The minimum Gasteiger partial charge on any atom is -0.317 e. The molecule has 0 heterocycles. The van der Waals surface area contributed by atoms with Gasteiger partial charge in [0.05, 0.1) is 0 Å². The third-order valence-electron chi connectivity index (χ3n) is 4.29. The lowest BCUT2D eigenvalue weighted by atomic mass is 10.3. The summed E-state index contributed by atoms with van der Waals surface area (Å²) in [4.78, 5) is 0. The van der Waals surface area contributed by atoms with E-state index in [4.69, 9.17) is 0 Å². The van der Waals surface area contributed by atoms with Gasteiger partial charge in [0.25, 0.3) is 0 Å². The summed E-state index contributed by atoms with van der Waals surface area (Å²) in [5.41, 5.74) is 0. The molecule has 0 saturated heterocycles. The van der Waals surface area contributed by atoms with Crippen molar-refractivity contribution in [2.75, 3.05) is 78.5 Å². The Morgan fingerprint density at radius 3 is 0.808 bits per heavy atom. The Bertz CT molecular complexity index is 216. The predicted octanol–water partition coefficient (Wildman–Crippen LogP) is 0.904. The molecule has 0 amide bonds. The highest BCUT2D eigenvalue weighted by atomic mass is 14.9. The summed E-state index contributed by atoms with van der Waals surface area (Å²) in [6, 6.07) is 0. The normalized spacial score (nSPS) is 11.3. The van der Waals surface area contributed by atoms with Crippen molar-refractivity contribution in [3.8, 4) is 0 Å². The summed E-state index contributed by atoms with van der Waals surface area (Å²) in [7, 11) is 0. The van der Waals surface area contributed by atoms with Gasteiger partial charge in [0.15, 0.2) is 0 Å². The highest BCUT2D eigenvalue weighted by Gasteiger charge is 1.93. The van der Waals surface area contributed by atoms with Gasteiger partial charge in [0.2, 0.25) is 0 Å². The zero-order chi connectivity index (χ0) is 19.0. The fourth-order valence-electron chi connectivity index (χ4n) is 2.71. The number of hydrogen-bond donors (Lipinski definition) is 6. The molecule has 0 aliphatic carbocycles. The molecule has 6 heteroatoms. The van der Waals surface area contributed by atoms with Gasteiger partial charge >= 0.3 is 0 Å². The van der Waals surface area contributed by atoms with Gasteiger partial charge in [0.1, 0.15) is 0 Å². The monoisotopic (exact) mass is 372 g/mol. The van der Waals surface area contributed by atoms with Gasteiger partial charge in [-0.1, -0.05) is 13.8 Å². The van der Waals surface area contributed by atoms with Gasteiger partial charge in [-0.3, -0.25) is 0 Å². The topological polar surface area (TPSA) is 72.2 Å². The van der Waals surface area contributed by atoms with E-state index in [1.807, 2.05) is 0 Å². The zero-order valence-corrected chi connectivity index (χ0v) is 17.7. The molecular formula is C20H48N6. The number of hydrogen-bond acceptors (Lipinski definition) is 6. The largest absolute Gasteiger partial charge is 0.317 e. The van der Waals surface area contributed by atoms with Gasteiger partial charge in [-0.15, -0.1) is 0 Å². The number of nitrogens with one attached hydrogen (secondary N) is 6. The zero-order valence-electron chi connectivity index (χ0n) is 17.7. The number of unbranched alkanes of at least 4 members (excludes halogenated alkanes) is 1. The molecule has 158 valence electrons. The molecule has 0 spiro atoms. The maximum Gasteiger partial charge on any atom is -0.00368 e. The van der Waals surface area contributed by atoms with Crippen molar-refractivity contribution in [3.63, 3.8) is 0 Å². The average molecular weight is 373 g/mol. The molecular weight excluding hydrogens is 324 g/mol. The molecule has 6 N–H and O–H groups in total. The second-order valence-corrected chi connectivity index (χ2v) is 6.83. The van der Waals surface area contributed by atoms with Crippen LogP contribution in [0.4, 0.5) is 0 Å². The molecule has 0 unspecified atom stereocenters. The summed E-state index contributed by atoms with van der Waals surface area (Å²) in [6.07, 6.45) is 7.43. The molecule has 0 rings (SSSR count). The lowest BCUT2D eigenvalue weighted by Crippen LogP contribution is -2.26. The van der Waals surface area contributed by atoms with E-state index in [0.717, 1.165) is 78.5 Å². The lowest BCUT2D eigenvalue weighted by Gasteiger charge is -2.08. The Morgan fingerprint density at radius 1 is 0.308 bits per heavy atom. The van der Waals surface area contributed by atoms with Crippen LogP contribution in [0.2, 0.25) is 0 Å². The van der Waals surface area contributed by atoms with Crippen molar-refractivity contribution in [3.05, 3.63) is 0 Å². The van der Waals surface area contributed by atoms with Gasteiger partial charge < -0.3 is 31.9 Å². The van der Waals surface area contributed by atoms with Crippen LogP contribution in [0.1, 0.15) is 52.4 Å². The van der Waals surface area contributed by atoms with Crippen LogP contribution < -0.4 is 31.9 Å². The van der Waals surface area contributed by atoms with Gasteiger partial charge in [-0.05, 0) is 117 Å². The van der Waals surface area contributed by atoms with E-state index >= 15 is 0 Å². The van der Waals surface area contributed by atoms with Crippen molar-refractivity contribution in [2.24, 2.45) is 0 Å². The first kappa shape index (κ1) is 25.8. The van der Waals surface area contributed by atoms with Crippen molar-refractivity contribution in [2.45, 2.75) is 52.4 Å². The standard InChI is InChI=1S/C20H48N6/c1-3-21-13-7-15-25-19-9-17-23-11-5-6-12-24-18-10-20-26-16-8-14-22-4-2/h21-26H,3-20H2,1-2H3. The third-order valence-corrected chi connectivity index (χ3v) is 4.29.